The summed E-state index contributed by atoms with van der Waals surface area (Å²) in [5.41, 5.74) is 0. The first-order chi connectivity index (χ1) is 7.56. The minimum absolute atomic E-state index is 0.0724. The number of carboxylic acids is 1. The maximum atomic E-state index is 11.2. The highest BCUT2D eigenvalue weighted by molar-refractivity contribution is 5.78. The first kappa shape index (κ1) is 14.9. The van der Waals surface area contributed by atoms with E-state index in [1.807, 2.05) is 6.92 Å². The fourth-order valence-electron chi connectivity index (χ4n) is 1.06. The van der Waals surface area contributed by atoms with E-state index in [0.29, 0.717) is 19.8 Å². The Kier molecular flexibility index (Phi) is 8.46. The fraction of sp³-hybridized carbons (Fsp3) is 0.800. The van der Waals surface area contributed by atoms with Gasteiger partial charge in [-0.1, -0.05) is 0 Å². The molecule has 0 saturated carbocycles. The molecule has 0 aliphatic rings. The third-order valence-corrected chi connectivity index (χ3v) is 1.70. The lowest BCUT2D eigenvalue weighted by Gasteiger charge is -2.11. The van der Waals surface area contributed by atoms with Crippen LogP contribution in [-0.2, 0) is 19.1 Å². The normalized spacial score (nSPS) is 12.1. The Hall–Kier alpha value is -1.14. The lowest BCUT2D eigenvalue weighted by Crippen LogP contribution is -2.36. The zero-order valence-electron chi connectivity index (χ0n) is 9.69. The molecule has 0 spiro atoms. The van der Waals surface area contributed by atoms with Crippen molar-refractivity contribution < 1.29 is 24.2 Å². The number of amides is 1. The van der Waals surface area contributed by atoms with Crippen LogP contribution in [0.4, 0.5) is 0 Å². The molecule has 1 amide bonds. The van der Waals surface area contributed by atoms with Crippen LogP contribution in [0.3, 0.4) is 0 Å². The lowest BCUT2D eigenvalue weighted by atomic mass is 10.2. The Bertz CT molecular complexity index is 219. The molecular weight excluding hydrogens is 214 g/mol. The fourth-order valence-corrected chi connectivity index (χ4v) is 1.06. The summed E-state index contributed by atoms with van der Waals surface area (Å²) in [5.74, 6) is -1.25. The van der Waals surface area contributed by atoms with E-state index < -0.39 is 5.97 Å². The third-order valence-electron chi connectivity index (χ3n) is 1.70. The van der Waals surface area contributed by atoms with Crippen LogP contribution in [0, 0.1) is 0 Å². The number of aliphatic carboxylic acids is 1. The monoisotopic (exact) mass is 233 g/mol. The molecule has 0 heterocycles. The molecule has 6 nitrogen and oxygen atoms in total. The standard InChI is InChI=1S/C10H19NO5/c1-3-15-4-5-16-7-9(12)11-8(2)6-10(13)14/h8H,3-7H2,1-2H3,(H,11,12)(H,13,14). The van der Waals surface area contributed by atoms with E-state index in [-0.39, 0.29) is 25.0 Å². The van der Waals surface area contributed by atoms with Crippen molar-refractivity contribution >= 4 is 11.9 Å². The molecule has 0 saturated heterocycles. The van der Waals surface area contributed by atoms with Gasteiger partial charge < -0.3 is 19.9 Å². The summed E-state index contributed by atoms with van der Waals surface area (Å²) < 4.78 is 10.0. The highest BCUT2D eigenvalue weighted by Gasteiger charge is 2.10. The first-order valence-electron chi connectivity index (χ1n) is 5.23. The van der Waals surface area contributed by atoms with Crippen molar-refractivity contribution in [3.05, 3.63) is 0 Å². The van der Waals surface area contributed by atoms with E-state index in [0.717, 1.165) is 0 Å². The molecule has 94 valence electrons. The zero-order valence-corrected chi connectivity index (χ0v) is 9.69. The smallest absolute Gasteiger partial charge is 0.305 e. The summed E-state index contributed by atoms with van der Waals surface area (Å²) in [6.45, 7) is 4.86. The number of carbonyl (C=O) groups excluding carboxylic acids is 1. The quantitative estimate of drug-likeness (QED) is 0.548. The number of carboxylic acid groups (broad SMARTS) is 1. The van der Waals surface area contributed by atoms with Crippen molar-refractivity contribution in [2.45, 2.75) is 26.3 Å². The van der Waals surface area contributed by atoms with Gasteiger partial charge in [-0.05, 0) is 13.8 Å². The highest BCUT2D eigenvalue weighted by Crippen LogP contribution is 1.90. The van der Waals surface area contributed by atoms with E-state index >= 15 is 0 Å². The largest absolute Gasteiger partial charge is 0.481 e. The second-order valence-corrected chi connectivity index (χ2v) is 3.32. The second-order valence-electron chi connectivity index (χ2n) is 3.32. The van der Waals surface area contributed by atoms with Gasteiger partial charge in [-0.3, -0.25) is 9.59 Å². The summed E-state index contributed by atoms with van der Waals surface area (Å²) in [6.07, 6.45) is -0.0926. The van der Waals surface area contributed by atoms with Gasteiger partial charge in [0, 0.05) is 12.6 Å². The number of hydrogen-bond donors (Lipinski definition) is 2. The Balaban J connectivity index is 3.47. The third kappa shape index (κ3) is 9.42. The number of hydrogen-bond acceptors (Lipinski definition) is 4. The molecule has 0 aromatic rings. The predicted octanol–water partition coefficient (Wildman–Crippen LogP) is 0.0189. The number of ether oxygens (including phenoxy) is 2. The van der Waals surface area contributed by atoms with Crippen molar-refractivity contribution in [1.82, 2.24) is 5.32 Å². The van der Waals surface area contributed by atoms with Crippen LogP contribution in [-0.4, -0.2) is 49.5 Å². The van der Waals surface area contributed by atoms with Crippen molar-refractivity contribution in [1.29, 1.82) is 0 Å². The van der Waals surface area contributed by atoms with Crippen LogP contribution in [0.2, 0.25) is 0 Å². The summed E-state index contributed by atoms with van der Waals surface area (Å²) >= 11 is 0. The SMILES string of the molecule is CCOCCOCC(=O)NC(C)CC(=O)O. The molecule has 6 heteroatoms. The van der Waals surface area contributed by atoms with E-state index in [1.165, 1.54) is 0 Å². The Morgan fingerprint density at radius 2 is 1.94 bits per heavy atom. The molecule has 0 bridgehead atoms. The summed E-state index contributed by atoms with van der Waals surface area (Å²) in [6, 6.07) is -0.388. The van der Waals surface area contributed by atoms with Gasteiger partial charge in [0.15, 0.2) is 0 Å². The molecule has 0 fully saturated rings. The van der Waals surface area contributed by atoms with Crippen LogP contribution >= 0.6 is 0 Å². The minimum Gasteiger partial charge on any atom is -0.481 e. The van der Waals surface area contributed by atoms with Crippen molar-refractivity contribution in [2.75, 3.05) is 26.4 Å². The zero-order chi connectivity index (χ0) is 12.4. The van der Waals surface area contributed by atoms with Gasteiger partial charge in [0.05, 0.1) is 19.6 Å². The van der Waals surface area contributed by atoms with E-state index in [2.05, 4.69) is 5.32 Å². The molecule has 0 aliphatic heterocycles. The Morgan fingerprint density at radius 1 is 1.31 bits per heavy atom. The van der Waals surface area contributed by atoms with Crippen molar-refractivity contribution in [3.8, 4) is 0 Å². The topological polar surface area (TPSA) is 84.9 Å². The molecule has 1 unspecified atom stereocenters. The average Bonchev–Trinajstić information content (AvgIpc) is 2.15. The van der Waals surface area contributed by atoms with Gasteiger partial charge >= 0.3 is 5.97 Å². The molecule has 16 heavy (non-hydrogen) atoms. The minimum atomic E-state index is -0.940. The lowest BCUT2D eigenvalue weighted by molar-refractivity contribution is -0.137. The van der Waals surface area contributed by atoms with Gasteiger partial charge in [-0.15, -0.1) is 0 Å². The molecule has 0 rings (SSSR count). The average molecular weight is 233 g/mol. The first-order valence-corrected chi connectivity index (χ1v) is 5.23. The van der Waals surface area contributed by atoms with Crippen LogP contribution in [0.5, 0.6) is 0 Å². The van der Waals surface area contributed by atoms with Gasteiger partial charge in [0.1, 0.15) is 6.61 Å². The maximum Gasteiger partial charge on any atom is 0.305 e. The molecule has 0 radical (unpaired) electrons. The molecular formula is C10H19NO5. The molecule has 1 atom stereocenters. The Morgan fingerprint density at radius 3 is 2.50 bits per heavy atom. The number of nitrogens with one attached hydrogen (secondary N) is 1. The molecule has 0 aromatic heterocycles. The van der Waals surface area contributed by atoms with Gasteiger partial charge in [-0.25, -0.2) is 0 Å². The van der Waals surface area contributed by atoms with Crippen molar-refractivity contribution in [3.63, 3.8) is 0 Å². The van der Waals surface area contributed by atoms with Crippen LogP contribution in [0.25, 0.3) is 0 Å². The van der Waals surface area contributed by atoms with Crippen LogP contribution in [0.15, 0.2) is 0 Å². The summed E-state index contributed by atoms with van der Waals surface area (Å²) in [5, 5.41) is 11.0. The van der Waals surface area contributed by atoms with Crippen LogP contribution < -0.4 is 5.32 Å². The van der Waals surface area contributed by atoms with Gasteiger partial charge in [0.25, 0.3) is 0 Å². The van der Waals surface area contributed by atoms with Gasteiger partial charge in [0.2, 0.25) is 5.91 Å². The van der Waals surface area contributed by atoms with E-state index in [9.17, 15) is 9.59 Å². The molecule has 2 N–H and O–H groups in total. The summed E-state index contributed by atoms with van der Waals surface area (Å²) in [4.78, 5) is 21.5. The predicted molar refractivity (Wildman–Crippen MR) is 57.2 cm³/mol. The second kappa shape index (κ2) is 9.11. The number of rotatable bonds is 9. The molecule has 0 aliphatic carbocycles. The van der Waals surface area contributed by atoms with E-state index in [1.54, 1.807) is 6.92 Å². The maximum absolute atomic E-state index is 11.2. The van der Waals surface area contributed by atoms with Crippen LogP contribution in [0.1, 0.15) is 20.3 Å². The molecule has 0 aromatic carbocycles. The van der Waals surface area contributed by atoms with Gasteiger partial charge in [-0.2, -0.15) is 0 Å². The summed E-state index contributed by atoms with van der Waals surface area (Å²) in [7, 11) is 0. The Labute approximate surface area is 94.9 Å². The van der Waals surface area contributed by atoms with Crippen molar-refractivity contribution in [2.24, 2.45) is 0 Å². The highest BCUT2D eigenvalue weighted by atomic mass is 16.5. The number of carbonyl (C=O) groups is 2. The van der Waals surface area contributed by atoms with E-state index in [4.69, 9.17) is 14.6 Å².